The third-order valence-corrected chi connectivity index (χ3v) is 21.7. The van der Waals surface area contributed by atoms with Crippen molar-refractivity contribution in [2.45, 2.75) is 202 Å². The normalized spacial score (nSPS) is 17.5. The van der Waals surface area contributed by atoms with Gasteiger partial charge in [-0.15, -0.1) is 11.8 Å². The molecule has 3 aromatic rings. The number of rotatable bonds is 52. The van der Waals surface area contributed by atoms with Gasteiger partial charge in [0.1, 0.15) is 71.5 Å². The van der Waals surface area contributed by atoms with E-state index in [1.165, 1.54) is 22.7 Å². The Morgan fingerprint density at radius 3 is 1.69 bits per heavy atom. The number of aliphatic imine (C=N–C) groups is 1. The van der Waals surface area contributed by atoms with Gasteiger partial charge in [0.25, 0.3) is 5.91 Å². The number of aromatic hydroxyl groups is 2. The van der Waals surface area contributed by atoms with Crippen molar-refractivity contribution in [1.82, 2.24) is 83.5 Å². The van der Waals surface area contributed by atoms with Crippen molar-refractivity contribution >= 4 is 137 Å². The minimum absolute atomic E-state index is 0.0108. The molecule has 14 atom stereocenters. The topological polar surface area (TPSA) is 734 Å². The molecule has 2 unspecified atom stereocenters. The standard InChI is InChI=1S/C78H106N20O28S/c1-38-35-127-75-62(74(120)98(75)63(38)77(123)124)94-73(119)61(42-13-6-5-7-14-42)91-57(108)20-19-44-29-39(2)82-78(83-44)81-25-10-16-46(87-70(116)51(34-100)90-71(117)52-23-26-80-64-49(84-56(107)21-22-58(109)110)30-43-31-54(105)55(106)32-53(43)97(52)64)67(113)89-50(33-99)69(115)88-47(17-11-27-95(125)36-101)66(112)85-45(15-8-9-24-79)65(111)86-48(18-12-28-96(126)37-102)68(114)92-59(40(3)103)72(118)93-60(41(4)104)76(121)122/h5-7,13-14,29-32,36-37,40-41,45-48,50-52,59-62,75,99-100,103-106,125-126H,8-12,15-28,33-35,79H2,1-4H3,(H,84,107)(H,85,112)(H,86,111)(H,87,116)(H,88,115)(H,89,113)(H,90,117)(H,91,108)(H,92,114)(H,93,118)(H,94,119)(H,109,110)(H,121,122)(H,123,124)(H,81,82,83)/t40-,41-,45+,46+,47+,48+,50+,51-,52?,59+,60+,61+,62?,75-/m1/s1. The monoisotopic (exact) mass is 1800 g/mol. The molecule has 0 saturated carbocycles. The van der Waals surface area contributed by atoms with Crippen LogP contribution in [-0.2, 0) is 87.9 Å². The van der Waals surface area contributed by atoms with E-state index in [4.69, 9.17) is 5.73 Å². The first kappa shape index (κ1) is 101. The molecule has 0 spiro atoms. The van der Waals surface area contributed by atoms with Gasteiger partial charge >= 0.3 is 17.9 Å². The van der Waals surface area contributed by atoms with Crippen molar-refractivity contribution < 1.29 is 138 Å². The summed E-state index contributed by atoms with van der Waals surface area (Å²) in [5.41, 5.74) is 7.21. The first-order chi connectivity index (χ1) is 60.3. The number of hydrogen-bond donors (Lipinski definition) is 24. The lowest BCUT2D eigenvalue weighted by atomic mass is 9.98. The number of β-lactam (4-membered cyclic amide) rings is 1. The number of carbonyl (C=O) groups is 17. The molecule has 4 aliphatic heterocycles. The van der Waals surface area contributed by atoms with Gasteiger partial charge in [-0.1, -0.05) is 30.3 Å². The van der Waals surface area contributed by atoms with Gasteiger partial charge in [0.05, 0.1) is 43.2 Å². The van der Waals surface area contributed by atoms with E-state index in [0.29, 0.717) is 22.5 Å². The fourth-order valence-electron chi connectivity index (χ4n) is 13.7. The SMILES string of the molecule is CC1=C(C(=O)O)N2C(=O)C(NC(=O)[C@@H](NC(=O)CCc3cc(C)nc(NCCC[C@H](NC(=O)[C@@H](CO)NC(=O)C4CCN=C5C(NC(=O)CCC(=O)O)=Cc6cc(O)c(O)cc6N54)C(=O)N[C@@H](CO)C(=O)N[C@@H](CCCN(O)C=O)C(=O)N[C@@H](CCCCN)C(=O)N[C@@H](CCCN(O)C=O)C(=O)N[C@H](C(=O)N[C@H](C(=O)O)[C@@H](C)O)[C@@H](C)O)n3)c3ccccc3)[C@H]2SC1. The first-order valence-electron chi connectivity index (χ1n) is 40.3. The van der Waals surface area contributed by atoms with E-state index >= 15 is 0 Å². The number of carboxylic acids is 3. The Morgan fingerprint density at radius 2 is 1.15 bits per heavy atom. The van der Waals surface area contributed by atoms with Crippen LogP contribution < -0.4 is 74.4 Å². The molecule has 0 bridgehead atoms. The lowest BCUT2D eigenvalue weighted by Crippen LogP contribution is -2.71. The number of anilines is 2. The zero-order valence-electron chi connectivity index (χ0n) is 69.5. The number of fused-ring (bicyclic) bond motifs is 4. The average molecular weight is 1800 g/mol. The number of unbranched alkanes of at least 4 members (excludes halogenated alkanes) is 1. The van der Waals surface area contributed by atoms with Crippen LogP contribution in [0.25, 0.3) is 6.08 Å². The van der Waals surface area contributed by atoms with Gasteiger partial charge in [0.15, 0.2) is 23.4 Å². The van der Waals surface area contributed by atoms with Crippen molar-refractivity contribution in [3.8, 4) is 11.5 Å². The van der Waals surface area contributed by atoms with Gasteiger partial charge in [-0.2, -0.15) is 0 Å². The van der Waals surface area contributed by atoms with Gasteiger partial charge < -0.3 is 120 Å². The van der Waals surface area contributed by atoms with Crippen LogP contribution in [-0.4, -0.2) is 319 Å². The molecular formula is C78H106N20O28S. The molecule has 127 heavy (non-hydrogen) atoms. The van der Waals surface area contributed by atoms with Crippen LogP contribution in [0.3, 0.4) is 0 Å². The quantitative estimate of drug-likeness (QED) is 0.00625. The Hall–Kier alpha value is -13.1. The van der Waals surface area contributed by atoms with Gasteiger partial charge in [0, 0.05) is 67.8 Å². The average Bonchev–Trinajstić information content (AvgIpc) is 0.741. The van der Waals surface area contributed by atoms with Crippen LogP contribution in [0.1, 0.15) is 133 Å². The lowest BCUT2D eigenvalue weighted by Gasteiger charge is -2.49. The van der Waals surface area contributed by atoms with E-state index in [2.05, 4.69) is 73.4 Å². The summed E-state index contributed by atoms with van der Waals surface area (Å²) in [5, 5.41) is 142. The largest absolute Gasteiger partial charge is 0.504 e. The number of nitrogens with two attached hydrogens (primary N) is 1. The van der Waals surface area contributed by atoms with E-state index in [1.807, 2.05) is 5.32 Å². The maximum atomic E-state index is 14.8. The summed E-state index contributed by atoms with van der Waals surface area (Å²) in [7, 11) is 0. The number of amides is 14. The highest BCUT2D eigenvalue weighted by atomic mass is 32.2. The van der Waals surface area contributed by atoms with Crippen LogP contribution in [0.2, 0.25) is 0 Å². The number of thioether (sulfide) groups is 1. The Morgan fingerprint density at radius 1 is 0.614 bits per heavy atom. The number of aliphatic hydroxyl groups excluding tert-OH is 4. The van der Waals surface area contributed by atoms with Gasteiger partial charge in [-0.3, -0.25) is 92.2 Å². The summed E-state index contributed by atoms with van der Waals surface area (Å²) in [5.74, 6) is -17.9. The predicted octanol–water partition coefficient (Wildman–Crippen LogP) is -5.96. The van der Waals surface area contributed by atoms with Crippen molar-refractivity contribution in [3.05, 3.63) is 88.0 Å². The van der Waals surface area contributed by atoms with E-state index in [9.17, 15) is 138 Å². The molecule has 25 N–H and O–H groups in total. The molecule has 0 radical (unpaired) electrons. The van der Waals surface area contributed by atoms with Crippen LogP contribution in [0.4, 0.5) is 11.6 Å². The van der Waals surface area contributed by atoms with Crippen LogP contribution in [0.5, 0.6) is 11.5 Å². The minimum atomic E-state index is -2.07. The highest BCUT2D eigenvalue weighted by Gasteiger charge is 2.54. The number of phenolic OH excluding ortho intramolecular Hbond substituents is 2. The zero-order chi connectivity index (χ0) is 93.6. The summed E-state index contributed by atoms with van der Waals surface area (Å²) in [6, 6.07) is -6.94. The Balaban J connectivity index is 1.12. The van der Waals surface area contributed by atoms with E-state index in [0.717, 1.165) is 30.9 Å². The van der Waals surface area contributed by atoms with E-state index in [1.54, 1.807) is 50.2 Å². The van der Waals surface area contributed by atoms with E-state index < -0.39 is 243 Å². The summed E-state index contributed by atoms with van der Waals surface area (Å²) in [6.45, 7) is 1.68. The number of nitrogens with one attached hydrogen (secondary N) is 12. The minimum Gasteiger partial charge on any atom is -0.504 e. The van der Waals surface area contributed by atoms with Crippen LogP contribution >= 0.6 is 11.8 Å². The van der Waals surface area contributed by atoms with Crippen LogP contribution in [0.15, 0.2) is 70.5 Å². The Kier molecular flexibility index (Phi) is 38.5. The van der Waals surface area contributed by atoms with Crippen molar-refractivity contribution in [2.24, 2.45) is 10.7 Å². The number of aliphatic carboxylic acids is 3. The molecule has 49 heteroatoms. The second kappa shape index (κ2) is 48.4. The Bertz CT molecular complexity index is 4640. The second-order valence-electron chi connectivity index (χ2n) is 30.0. The number of aliphatic hydroxyl groups is 4. The lowest BCUT2D eigenvalue weighted by molar-refractivity contribution is -0.151. The van der Waals surface area contributed by atoms with E-state index in [-0.39, 0.29) is 141 Å². The highest BCUT2D eigenvalue weighted by Crippen LogP contribution is 2.42. The summed E-state index contributed by atoms with van der Waals surface area (Å²) >= 11 is 1.26. The Labute approximate surface area is 729 Å². The van der Waals surface area contributed by atoms with Crippen molar-refractivity contribution in [3.63, 3.8) is 0 Å². The molecule has 5 heterocycles. The third-order valence-electron chi connectivity index (χ3n) is 20.3. The summed E-state index contributed by atoms with van der Waals surface area (Å²) < 4.78 is 0. The number of hydroxylamine groups is 4. The number of carboxylic acid groups (broad SMARTS) is 3. The number of aromatic nitrogens is 2. The maximum Gasteiger partial charge on any atom is 0.352 e. The first-order valence-corrected chi connectivity index (χ1v) is 41.4. The highest BCUT2D eigenvalue weighted by molar-refractivity contribution is 8.00. The fourth-order valence-corrected chi connectivity index (χ4v) is 15.0. The molecular weight excluding hydrogens is 1700 g/mol. The van der Waals surface area contributed by atoms with Crippen LogP contribution in [0, 0.1) is 6.92 Å². The number of carbonyl (C=O) groups excluding carboxylic acids is 14. The molecule has 1 aromatic heterocycles. The molecule has 692 valence electrons. The fraction of sp³-hybridized carbons (Fsp3) is 0.513. The molecule has 0 aliphatic carbocycles. The van der Waals surface area contributed by atoms with Crippen molar-refractivity contribution in [2.75, 3.05) is 61.9 Å². The number of hydrogen-bond acceptors (Lipinski definition) is 32. The number of nitrogens with zero attached hydrogens (tertiary/aromatic N) is 7. The number of aryl methyl sites for hydroxylation is 2. The number of amidine groups is 1. The smallest absolute Gasteiger partial charge is 0.352 e. The maximum absolute atomic E-state index is 14.8. The molecule has 48 nitrogen and oxygen atoms in total. The van der Waals surface area contributed by atoms with Gasteiger partial charge in [0.2, 0.25) is 83.7 Å². The van der Waals surface area contributed by atoms with Gasteiger partial charge in [-0.05, 0) is 134 Å². The molecule has 1 fully saturated rings. The number of phenols is 2. The van der Waals surface area contributed by atoms with Crippen molar-refractivity contribution in [1.29, 1.82) is 0 Å². The molecule has 2 aromatic carbocycles. The predicted molar refractivity (Wildman–Crippen MR) is 443 cm³/mol. The summed E-state index contributed by atoms with van der Waals surface area (Å²) in [4.78, 5) is 243. The zero-order valence-corrected chi connectivity index (χ0v) is 70.3. The molecule has 4 aliphatic rings. The number of benzene rings is 2. The molecule has 7 rings (SSSR count). The molecule has 14 amide bonds. The second-order valence-corrected chi connectivity index (χ2v) is 31.1. The van der Waals surface area contributed by atoms with Gasteiger partial charge in [-0.25, -0.2) is 29.7 Å². The summed E-state index contributed by atoms with van der Waals surface area (Å²) in [6.07, 6.45) is -5.63. The third kappa shape index (κ3) is 28.7. The molecule has 1 saturated heterocycles.